The van der Waals surface area contributed by atoms with Crippen molar-refractivity contribution in [1.29, 1.82) is 0 Å². The van der Waals surface area contributed by atoms with Crippen LogP contribution in [0.1, 0.15) is 57.8 Å². The van der Waals surface area contributed by atoms with Crippen LogP contribution in [0.5, 0.6) is 0 Å². The number of ketones is 1. The average molecular weight is 237 g/mol. The monoisotopic (exact) mass is 237 g/mol. The van der Waals surface area contributed by atoms with Crippen LogP contribution in [0.25, 0.3) is 0 Å². The first-order chi connectivity index (χ1) is 8.25. The first-order valence-corrected chi connectivity index (χ1v) is 7.23. The van der Waals surface area contributed by atoms with Gasteiger partial charge >= 0.3 is 0 Å². The molecule has 4 atom stereocenters. The van der Waals surface area contributed by atoms with Crippen molar-refractivity contribution in [3.05, 3.63) is 0 Å². The number of piperidine rings is 2. The Balaban J connectivity index is 1.78. The molecule has 4 unspecified atom stereocenters. The normalized spacial score (nSPS) is 43.7. The van der Waals surface area contributed by atoms with E-state index in [0.717, 1.165) is 38.5 Å². The Morgan fingerprint density at radius 2 is 1.59 bits per heavy atom. The molecular weight excluding hydrogens is 214 g/mol. The second-order valence-corrected chi connectivity index (χ2v) is 6.05. The summed E-state index contributed by atoms with van der Waals surface area (Å²) < 4.78 is 0. The molecule has 0 radical (unpaired) electrons. The zero-order valence-electron chi connectivity index (χ0n) is 10.5. The number of aliphatic hydroxyl groups excluding tert-OH is 1. The average Bonchev–Trinajstić information content (AvgIpc) is 2.29. The van der Waals surface area contributed by atoms with Crippen LogP contribution >= 0.6 is 0 Å². The molecule has 0 aromatic rings. The quantitative estimate of drug-likeness (QED) is 0.757. The molecule has 0 spiro atoms. The van der Waals surface area contributed by atoms with E-state index in [4.69, 9.17) is 0 Å². The van der Waals surface area contributed by atoms with E-state index < -0.39 is 0 Å². The Bertz CT molecular complexity index is 289. The molecule has 2 bridgehead atoms. The number of carbonyl (C=O) groups excluding carboxylic acids is 1. The standard InChI is InChI=1S/C14H23NO2/c16-12-8-10-4-3-5-11(9-12)15(10)13-6-1-2-7-14(13)17/h10-11,13-14,17H,1-9H2. The lowest BCUT2D eigenvalue weighted by Crippen LogP contribution is -2.60. The van der Waals surface area contributed by atoms with Crippen molar-refractivity contribution in [1.82, 2.24) is 4.90 Å². The molecule has 2 heterocycles. The predicted octanol–water partition coefficient (Wildman–Crippen LogP) is 1.88. The lowest BCUT2D eigenvalue weighted by atomic mass is 9.79. The van der Waals surface area contributed by atoms with Crippen LogP contribution in [0.2, 0.25) is 0 Å². The Kier molecular flexibility index (Phi) is 3.22. The fourth-order valence-corrected chi connectivity index (χ4v) is 4.19. The summed E-state index contributed by atoms with van der Waals surface area (Å²) in [5, 5.41) is 10.2. The minimum Gasteiger partial charge on any atom is -0.391 e. The molecule has 17 heavy (non-hydrogen) atoms. The van der Waals surface area contributed by atoms with Crippen LogP contribution in [0, 0.1) is 0 Å². The summed E-state index contributed by atoms with van der Waals surface area (Å²) >= 11 is 0. The first-order valence-electron chi connectivity index (χ1n) is 7.23. The van der Waals surface area contributed by atoms with Gasteiger partial charge in [0.15, 0.2) is 0 Å². The van der Waals surface area contributed by atoms with Crippen LogP contribution in [-0.4, -0.2) is 40.0 Å². The third kappa shape index (κ3) is 2.15. The highest BCUT2D eigenvalue weighted by molar-refractivity contribution is 5.80. The number of nitrogens with zero attached hydrogens (tertiary/aromatic N) is 1. The molecule has 0 aromatic heterocycles. The second kappa shape index (κ2) is 4.69. The Morgan fingerprint density at radius 1 is 0.941 bits per heavy atom. The van der Waals surface area contributed by atoms with Crippen molar-refractivity contribution in [2.75, 3.05) is 0 Å². The van der Waals surface area contributed by atoms with E-state index in [0.29, 0.717) is 23.9 Å². The van der Waals surface area contributed by atoms with Gasteiger partial charge in [-0.25, -0.2) is 0 Å². The van der Waals surface area contributed by atoms with E-state index in [9.17, 15) is 9.90 Å². The van der Waals surface area contributed by atoms with Gasteiger partial charge in [-0.1, -0.05) is 19.3 Å². The third-order valence-corrected chi connectivity index (χ3v) is 4.92. The molecule has 2 saturated heterocycles. The van der Waals surface area contributed by atoms with Gasteiger partial charge in [-0.3, -0.25) is 9.69 Å². The van der Waals surface area contributed by atoms with Gasteiger partial charge in [-0.15, -0.1) is 0 Å². The van der Waals surface area contributed by atoms with Crippen LogP contribution in [0.15, 0.2) is 0 Å². The molecule has 1 aliphatic carbocycles. The summed E-state index contributed by atoms with van der Waals surface area (Å²) in [6.07, 6.45) is 9.39. The van der Waals surface area contributed by atoms with E-state index in [-0.39, 0.29) is 6.10 Å². The Morgan fingerprint density at radius 3 is 2.24 bits per heavy atom. The van der Waals surface area contributed by atoms with Gasteiger partial charge in [0, 0.05) is 31.0 Å². The van der Waals surface area contributed by atoms with Crippen molar-refractivity contribution in [2.45, 2.75) is 82.0 Å². The van der Waals surface area contributed by atoms with Crippen LogP contribution in [0.3, 0.4) is 0 Å². The van der Waals surface area contributed by atoms with Gasteiger partial charge in [0.1, 0.15) is 5.78 Å². The largest absolute Gasteiger partial charge is 0.391 e. The molecule has 1 saturated carbocycles. The molecule has 3 rings (SSSR count). The highest BCUT2D eigenvalue weighted by Crippen LogP contribution is 2.37. The molecule has 3 heteroatoms. The maximum Gasteiger partial charge on any atom is 0.136 e. The van der Waals surface area contributed by atoms with Crippen LogP contribution < -0.4 is 0 Å². The third-order valence-electron chi connectivity index (χ3n) is 4.92. The minimum absolute atomic E-state index is 0.153. The maximum absolute atomic E-state index is 11.7. The zero-order chi connectivity index (χ0) is 11.8. The first kappa shape index (κ1) is 11.7. The van der Waals surface area contributed by atoms with Gasteiger partial charge in [0.05, 0.1) is 6.10 Å². The SMILES string of the molecule is O=C1CC2CCCC(C1)N2C1CCCCC1O. The molecule has 0 aromatic carbocycles. The van der Waals surface area contributed by atoms with E-state index in [1.54, 1.807) is 0 Å². The number of Topliss-reactive ketones (excluding diaryl/α,β-unsaturated/α-hetero) is 1. The van der Waals surface area contributed by atoms with Gasteiger partial charge in [-0.05, 0) is 25.7 Å². The number of fused-ring (bicyclic) bond motifs is 2. The number of carbonyl (C=O) groups is 1. The second-order valence-electron chi connectivity index (χ2n) is 6.05. The molecule has 2 aliphatic heterocycles. The summed E-state index contributed by atoms with van der Waals surface area (Å²) in [6.45, 7) is 0. The van der Waals surface area contributed by atoms with Gasteiger partial charge in [0.25, 0.3) is 0 Å². The maximum atomic E-state index is 11.7. The number of rotatable bonds is 1. The van der Waals surface area contributed by atoms with E-state index >= 15 is 0 Å². The minimum atomic E-state index is -0.153. The summed E-state index contributed by atoms with van der Waals surface area (Å²) in [5.41, 5.74) is 0. The van der Waals surface area contributed by atoms with E-state index in [1.807, 2.05) is 0 Å². The molecule has 1 N–H and O–H groups in total. The lowest BCUT2D eigenvalue weighted by Gasteiger charge is -2.51. The molecule has 3 fully saturated rings. The number of hydrogen-bond donors (Lipinski definition) is 1. The summed E-state index contributed by atoms with van der Waals surface area (Å²) in [5.74, 6) is 0.446. The molecule has 96 valence electrons. The summed E-state index contributed by atoms with van der Waals surface area (Å²) in [7, 11) is 0. The van der Waals surface area contributed by atoms with Crippen molar-refractivity contribution >= 4 is 5.78 Å². The van der Waals surface area contributed by atoms with Gasteiger partial charge < -0.3 is 5.11 Å². The highest BCUT2D eigenvalue weighted by atomic mass is 16.3. The number of aliphatic hydroxyl groups is 1. The molecule has 0 amide bonds. The van der Waals surface area contributed by atoms with Crippen molar-refractivity contribution in [2.24, 2.45) is 0 Å². The van der Waals surface area contributed by atoms with Crippen molar-refractivity contribution in [3.8, 4) is 0 Å². The summed E-state index contributed by atoms with van der Waals surface area (Å²) in [4.78, 5) is 14.2. The van der Waals surface area contributed by atoms with Crippen LogP contribution in [0.4, 0.5) is 0 Å². The van der Waals surface area contributed by atoms with Gasteiger partial charge in [-0.2, -0.15) is 0 Å². The fraction of sp³-hybridized carbons (Fsp3) is 0.929. The van der Waals surface area contributed by atoms with E-state index in [1.165, 1.54) is 19.3 Å². The molecule has 3 aliphatic rings. The lowest BCUT2D eigenvalue weighted by molar-refractivity contribution is -0.132. The fourth-order valence-electron chi connectivity index (χ4n) is 4.19. The summed E-state index contributed by atoms with van der Waals surface area (Å²) in [6, 6.07) is 1.22. The van der Waals surface area contributed by atoms with Crippen molar-refractivity contribution in [3.63, 3.8) is 0 Å². The Labute approximate surface area is 103 Å². The van der Waals surface area contributed by atoms with Crippen LogP contribution in [-0.2, 0) is 4.79 Å². The smallest absolute Gasteiger partial charge is 0.136 e. The molecular formula is C14H23NO2. The predicted molar refractivity (Wildman–Crippen MR) is 65.8 cm³/mol. The highest BCUT2D eigenvalue weighted by Gasteiger charge is 2.43. The van der Waals surface area contributed by atoms with Crippen molar-refractivity contribution < 1.29 is 9.90 Å². The van der Waals surface area contributed by atoms with Gasteiger partial charge in [0.2, 0.25) is 0 Å². The Hall–Kier alpha value is -0.410. The number of hydrogen-bond acceptors (Lipinski definition) is 3. The topological polar surface area (TPSA) is 40.5 Å². The zero-order valence-corrected chi connectivity index (χ0v) is 10.5. The van der Waals surface area contributed by atoms with E-state index in [2.05, 4.69) is 4.90 Å². The molecule has 3 nitrogen and oxygen atoms in total.